The van der Waals surface area contributed by atoms with E-state index in [1.54, 1.807) is 36.4 Å². The molecule has 0 unspecified atom stereocenters. The molecule has 0 saturated heterocycles. The second-order valence-corrected chi connectivity index (χ2v) is 8.73. The summed E-state index contributed by atoms with van der Waals surface area (Å²) in [5.74, 6) is -0.866. The van der Waals surface area contributed by atoms with E-state index in [-0.39, 0.29) is 11.3 Å². The Kier molecular flexibility index (Phi) is 7.62. The Balaban J connectivity index is 1.86. The molecule has 3 rings (SSSR count). The zero-order chi connectivity index (χ0) is 23.3. The minimum Gasteiger partial charge on any atom is -0.422 e. The molecule has 0 aliphatic rings. The quantitative estimate of drug-likeness (QED) is 0.167. The molecule has 0 atom stereocenters. The van der Waals surface area contributed by atoms with Crippen molar-refractivity contribution < 1.29 is 14.3 Å². The zero-order valence-electron chi connectivity index (χ0n) is 17.3. The van der Waals surface area contributed by atoms with Crippen LogP contribution in [0.2, 0.25) is 0 Å². The molecule has 0 aliphatic carbocycles. The van der Waals surface area contributed by atoms with Crippen molar-refractivity contribution in [1.29, 1.82) is 5.26 Å². The minimum atomic E-state index is -0.586. The van der Waals surface area contributed by atoms with E-state index in [9.17, 15) is 14.9 Å². The second kappa shape index (κ2) is 10.4. The van der Waals surface area contributed by atoms with Gasteiger partial charge in [-0.2, -0.15) is 5.26 Å². The van der Waals surface area contributed by atoms with Gasteiger partial charge in [0.05, 0.1) is 11.3 Å². The van der Waals surface area contributed by atoms with Gasteiger partial charge in [-0.25, -0.2) is 4.79 Å². The van der Waals surface area contributed by atoms with Crippen LogP contribution < -0.4 is 10.1 Å². The Morgan fingerprint density at radius 2 is 1.59 bits per heavy atom. The first-order chi connectivity index (χ1) is 15.3. The first-order valence-electron chi connectivity index (χ1n) is 9.55. The fourth-order valence-corrected chi connectivity index (χ4v) is 4.46. The molecule has 0 saturated carbocycles. The number of rotatable bonds is 5. The van der Waals surface area contributed by atoms with Crippen molar-refractivity contribution in [1.82, 2.24) is 0 Å². The molecule has 1 N–H and O–H groups in total. The molecule has 3 aromatic rings. The van der Waals surface area contributed by atoms with E-state index < -0.39 is 11.9 Å². The lowest BCUT2D eigenvalue weighted by molar-refractivity contribution is -0.112. The maximum absolute atomic E-state index is 12.8. The SMILES string of the molecule is Cc1ccc(C(=O)Oc2ccccc2/C=C(\C#N)C(=O)Nc2c(Br)cc(C)cc2Br)cc1. The van der Waals surface area contributed by atoms with Crippen LogP contribution in [0.25, 0.3) is 6.08 Å². The number of benzene rings is 3. The number of esters is 1. The molecular weight excluding hydrogens is 536 g/mol. The molecule has 0 bridgehead atoms. The monoisotopic (exact) mass is 552 g/mol. The van der Waals surface area contributed by atoms with Gasteiger partial charge in [-0.3, -0.25) is 4.79 Å². The molecule has 32 heavy (non-hydrogen) atoms. The van der Waals surface area contributed by atoms with Crippen molar-refractivity contribution >= 4 is 55.5 Å². The predicted octanol–water partition coefficient (Wildman–Crippen LogP) is 6.59. The van der Waals surface area contributed by atoms with Crippen molar-refractivity contribution in [2.24, 2.45) is 0 Å². The Morgan fingerprint density at radius 3 is 2.22 bits per heavy atom. The number of halogens is 2. The van der Waals surface area contributed by atoms with Crippen LogP contribution in [-0.2, 0) is 4.79 Å². The van der Waals surface area contributed by atoms with E-state index in [1.807, 2.05) is 44.2 Å². The smallest absolute Gasteiger partial charge is 0.343 e. The summed E-state index contributed by atoms with van der Waals surface area (Å²) in [6.45, 7) is 3.86. The van der Waals surface area contributed by atoms with Gasteiger partial charge in [0.1, 0.15) is 17.4 Å². The summed E-state index contributed by atoms with van der Waals surface area (Å²) in [4.78, 5) is 25.3. The first-order valence-corrected chi connectivity index (χ1v) is 11.1. The molecule has 0 aromatic heterocycles. The number of anilines is 1. The molecule has 3 aromatic carbocycles. The van der Waals surface area contributed by atoms with E-state index in [0.717, 1.165) is 11.1 Å². The lowest BCUT2D eigenvalue weighted by Gasteiger charge is -2.11. The Bertz CT molecular complexity index is 1240. The predicted molar refractivity (Wildman–Crippen MR) is 131 cm³/mol. The number of nitrogens with zero attached hydrogens (tertiary/aromatic N) is 1. The Labute approximate surface area is 203 Å². The van der Waals surface area contributed by atoms with Crippen molar-refractivity contribution in [2.45, 2.75) is 13.8 Å². The maximum atomic E-state index is 12.8. The topological polar surface area (TPSA) is 79.2 Å². The molecule has 160 valence electrons. The fraction of sp³-hybridized carbons (Fsp3) is 0.0800. The average molecular weight is 554 g/mol. The number of hydrogen-bond donors (Lipinski definition) is 1. The number of amides is 1. The van der Waals surface area contributed by atoms with Gasteiger partial charge < -0.3 is 10.1 Å². The summed E-state index contributed by atoms with van der Waals surface area (Å²) in [5.41, 5.74) is 3.25. The number of para-hydroxylation sites is 1. The highest BCUT2D eigenvalue weighted by atomic mass is 79.9. The normalized spacial score (nSPS) is 10.9. The van der Waals surface area contributed by atoms with Gasteiger partial charge in [0.15, 0.2) is 0 Å². The lowest BCUT2D eigenvalue weighted by atomic mass is 10.1. The van der Waals surface area contributed by atoms with Gasteiger partial charge >= 0.3 is 5.97 Å². The van der Waals surface area contributed by atoms with Gasteiger partial charge in [0.2, 0.25) is 0 Å². The summed E-state index contributed by atoms with van der Waals surface area (Å²) in [6, 6.07) is 19.4. The third-order valence-corrected chi connectivity index (χ3v) is 5.75. The van der Waals surface area contributed by atoms with Gasteiger partial charge in [-0.15, -0.1) is 0 Å². The third-order valence-electron chi connectivity index (χ3n) is 4.50. The average Bonchev–Trinajstić information content (AvgIpc) is 2.75. The van der Waals surface area contributed by atoms with Crippen LogP contribution in [0.15, 0.2) is 75.2 Å². The number of hydrogen-bond acceptors (Lipinski definition) is 4. The largest absolute Gasteiger partial charge is 0.422 e. The summed E-state index contributed by atoms with van der Waals surface area (Å²) < 4.78 is 6.89. The van der Waals surface area contributed by atoms with E-state index in [4.69, 9.17) is 4.74 Å². The van der Waals surface area contributed by atoms with Crippen molar-refractivity contribution in [3.05, 3.63) is 97.4 Å². The van der Waals surface area contributed by atoms with E-state index in [2.05, 4.69) is 37.2 Å². The molecule has 0 heterocycles. The first kappa shape index (κ1) is 23.5. The third kappa shape index (κ3) is 5.72. The van der Waals surface area contributed by atoms with Crippen molar-refractivity contribution in [2.75, 3.05) is 5.32 Å². The lowest BCUT2D eigenvalue weighted by Crippen LogP contribution is -2.14. The molecule has 0 spiro atoms. The molecule has 1 amide bonds. The van der Waals surface area contributed by atoms with E-state index in [1.165, 1.54) is 6.08 Å². The number of carbonyl (C=O) groups excluding carboxylic acids is 2. The van der Waals surface area contributed by atoms with Gasteiger partial charge in [0.25, 0.3) is 5.91 Å². The number of nitriles is 1. The highest BCUT2D eigenvalue weighted by Gasteiger charge is 2.16. The van der Waals surface area contributed by atoms with Crippen molar-refractivity contribution in [3.8, 4) is 11.8 Å². The van der Waals surface area contributed by atoms with Crippen molar-refractivity contribution in [3.63, 3.8) is 0 Å². The zero-order valence-corrected chi connectivity index (χ0v) is 20.5. The number of carbonyl (C=O) groups is 2. The van der Waals surface area contributed by atoms with Crippen LogP contribution in [0.1, 0.15) is 27.0 Å². The van der Waals surface area contributed by atoms with Gasteiger partial charge in [0, 0.05) is 14.5 Å². The van der Waals surface area contributed by atoms with Crippen LogP contribution in [0.4, 0.5) is 5.69 Å². The number of ether oxygens (including phenoxy) is 1. The minimum absolute atomic E-state index is 0.136. The summed E-state index contributed by atoms with van der Waals surface area (Å²) in [6.07, 6.45) is 1.39. The second-order valence-electron chi connectivity index (χ2n) is 7.02. The number of aryl methyl sites for hydroxylation is 2. The highest BCUT2D eigenvalue weighted by molar-refractivity contribution is 9.11. The molecule has 0 radical (unpaired) electrons. The van der Waals surface area contributed by atoms with Crippen LogP contribution in [0, 0.1) is 25.2 Å². The van der Waals surface area contributed by atoms with E-state index in [0.29, 0.717) is 25.8 Å². The van der Waals surface area contributed by atoms with Gasteiger partial charge in [-0.1, -0.05) is 35.9 Å². The standard InChI is InChI=1S/C25H18Br2N2O3/c1-15-7-9-17(10-8-15)25(31)32-22-6-4-3-5-18(22)13-19(14-28)24(30)29-23-20(26)11-16(2)12-21(23)27/h3-13H,1-2H3,(H,29,30)/b19-13+. The molecular formula is C25H18Br2N2O3. The van der Waals surface area contributed by atoms with Crippen LogP contribution in [0.3, 0.4) is 0 Å². The molecule has 7 heteroatoms. The van der Waals surface area contributed by atoms with Crippen LogP contribution in [-0.4, -0.2) is 11.9 Å². The molecule has 0 fully saturated rings. The fourth-order valence-electron chi connectivity index (χ4n) is 2.85. The molecule has 5 nitrogen and oxygen atoms in total. The van der Waals surface area contributed by atoms with Crippen LogP contribution >= 0.6 is 31.9 Å². The Morgan fingerprint density at radius 1 is 0.969 bits per heavy atom. The summed E-state index contributed by atoms with van der Waals surface area (Å²) in [7, 11) is 0. The highest BCUT2D eigenvalue weighted by Crippen LogP contribution is 2.33. The van der Waals surface area contributed by atoms with E-state index >= 15 is 0 Å². The maximum Gasteiger partial charge on any atom is 0.343 e. The van der Waals surface area contributed by atoms with Gasteiger partial charge in [-0.05, 0) is 87.7 Å². The summed E-state index contributed by atoms with van der Waals surface area (Å²) >= 11 is 6.85. The molecule has 0 aliphatic heterocycles. The Hall–Kier alpha value is -3.21. The van der Waals surface area contributed by atoms with Crippen LogP contribution in [0.5, 0.6) is 5.75 Å². The summed E-state index contributed by atoms with van der Waals surface area (Å²) in [5, 5.41) is 12.3. The number of nitrogens with one attached hydrogen (secondary N) is 1.